The number of alkyl halides is 1. The van der Waals surface area contributed by atoms with Crippen molar-refractivity contribution in [1.29, 1.82) is 0 Å². The first-order valence-corrected chi connectivity index (χ1v) is 6.43. The predicted octanol–water partition coefficient (Wildman–Crippen LogP) is 3.15. The number of anilines is 1. The summed E-state index contributed by atoms with van der Waals surface area (Å²) in [4.78, 5) is 0. The van der Waals surface area contributed by atoms with Crippen molar-refractivity contribution >= 4 is 23.4 Å². The summed E-state index contributed by atoms with van der Waals surface area (Å²) in [6.07, 6.45) is 1.96. The highest BCUT2D eigenvalue weighted by Gasteiger charge is 1.99. The summed E-state index contributed by atoms with van der Waals surface area (Å²) >= 11 is 5.69. The van der Waals surface area contributed by atoms with Gasteiger partial charge in [-0.25, -0.2) is 0 Å². The summed E-state index contributed by atoms with van der Waals surface area (Å²) in [5, 5.41) is 2.93. The molecule has 1 rings (SSSR count). The Morgan fingerprint density at radius 1 is 1.50 bits per heavy atom. The van der Waals surface area contributed by atoms with Crippen molar-refractivity contribution in [2.45, 2.75) is 13.8 Å². The van der Waals surface area contributed by atoms with Crippen LogP contribution < -0.4 is 15.8 Å². The fourth-order valence-corrected chi connectivity index (χ4v) is 1.19. The van der Waals surface area contributed by atoms with Crippen LogP contribution in [0, 0.1) is 0 Å². The van der Waals surface area contributed by atoms with Crippen LogP contribution in [0.15, 0.2) is 23.8 Å². The molecule has 0 bridgehead atoms. The van der Waals surface area contributed by atoms with Crippen LogP contribution in [0.25, 0.3) is 6.08 Å². The van der Waals surface area contributed by atoms with E-state index in [0.717, 1.165) is 29.1 Å². The lowest BCUT2D eigenvalue weighted by Gasteiger charge is -2.05. The fraction of sp³-hybridized carbons (Fsp3) is 0.429. The number of benzene rings is 1. The Kier molecular flexibility index (Phi) is 9.15. The number of hydrogen-bond acceptors (Lipinski definition) is 3. The van der Waals surface area contributed by atoms with Crippen LogP contribution in [0.3, 0.4) is 0 Å². The number of ether oxygens (including phenoxy) is 1. The maximum Gasteiger partial charge on any atom is 0.119 e. The number of rotatable bonds is 4. The van der Waals surface area contributed by atoms with E-state index in [4.69, 9.17) is 22.1 Å². The van der Waals surface area contributed by atoms with E-state index in [1.807, 2.05) is 38.2 Å². The molecule has 1 aromatic rings. The van der Waals surface area contributed by atoms with Crippen molar-refractivity contribution in [3.63, 3.8) is 0 Å². The van der Waals surface area contributed by atoms with Crippen molar-refractivity contribution in [2.24, 2.45) is 0 Å². The normalized spacial score (nSPS) is 10.6. The molecule has 0 saturated heterocycles. The molecule has 0 aliphatic rings. The van der Waals surface area contributed by atoms with E-state index in [-0.39, 0.29) is 0 Å². The molecule has 0 atom stereocenters. The summed E-state index contributed by atoms with van der Waals surface area (Å²) in [6.45, 7) is 5.10. The minimum Gasteiger partial charge on any atom is -0.497 e. The van der Waals surface area contributed by atoms with Crippen LogP contribution in [0.2, 0.25) is 0 Å². The molecule has 0 aliphatic carbocycles. The number of hydrogen-bond donors (Lipinski definition) is 2. The van der Waals surface area contributed by atoms with E-state index in [1.165, 1.54) is 0 Å². The third-order valence-electron chi connectivity index (χ3n) is 2.26. The van der Waals surface area contributed by atoms with Gasteiger partial charge in [0.2, 0.25) is 0 Å². The van der Waals surface area contributed by atoms with Crippen molar-refractivity contribution in [3.05, 3.63) is 29.3 Å². The summed E-state index contributed by atoms with van der Waals surface area (Å²) < 4.78 is 5.11. The zero-order valence-corrected chi connectivity index (χ0v) is 12.3. The molecular weight excluding hydrogens is 248 g/mol. The van der Waals surface area contributed by atoms with Crippen molar-refractivity contribution in [2.75, 3.05) is 32.3 Å². The molecule has 0 aromatic heterocycles. The molecule has 0 aliphatic heterocycles. The van der Waals surface area contributed by atoms with Gasteiger partial charge in [-0.05, 0) is 38.7 Å². The highest BCUT2D eigenvalue weighted by atomic mass is 35.5. The quantitative estimate of drug-likeness (QED) is 0.653. The Morgan fingerprint density at radius 2 is 2.11 bits per heavy atom. The summed E-state index contributed by atoms with van der Waals surface area (Å²) in [5.41, 5.74) is 8.56. The van der Waals surface area contributed by atoms with Crippen molar-refractivity contribution < 1.29 is 4.74 Å². The fourth-order valence-electron chi connectivity index (χ4n) is 1.11. The van der Waals surface area contributed by atoms with Crippen LogP contribution >= 0.6 is 11.6 Å². The van der Waals surface area contributed by atoms with E-state index in [2.05, 4.69) is 12.2 Å². The molecule has 3 nitrogen and oxygen atoms in total. The van der Waals surface area contributed by atoms with Gasteiger partial charge < -0.3 is 15.8 Å². The third kappa shape index (κ3) is 6.52. The number of nitrogens with one attached hydrogen (secondary N) is 1. The molecule has 0 saturated carbocycles. The molecule has 0 fully saturated rings. The van der Waals surface area contributed by atoms with Gasteiger partial charge in [-0.15, -0.1) is 11.6 Å². The number of methoxy groups -OCH3 is 1. The molecule has 0 spiro atoms. The van der Waals surface area contributed by atoms with Crippen LogP contribution in [0.5, 0.6) is 5.75 Å². The monoisotopic (exact) mass is 270 g/mol. The Labute approximate surface area is 115 Å². The van der Waals surface area contributed by atoms with Crippen molar-refractivity contribution in [3.8, 4) is 5.75 Å². The first kappa shape index (κ1) is 16.8. The van der Waals surface area contributed by atoms with E-state index in [0.29, 0.717) is 5.88 Å². The highest BCUT2D eigenvalue weighted by molar-refractivity contribution is 6.19. The second-order valence-corrected chi connectivity index (χ2v) is 4.09. The van der Waals surface area contributed by atoms with Crippen LogP contribution in [0.4, 0.5) is 5.69 Å². The van der Waals surface area contributed by atoms with E-state index < -0.39 is 0 Å². The smallest absolute Gasteiger partial charge is 0.119 e. The Bertz CT molecular complexity index is 376. The summed E-state index contributed by atoms with van der Waals surface area (Å²) in [5.74, 6) is 1.31. The van der Waals surface area contributed by atoms with Gasteiger partial charge in [-0.2, -0.15) is 0 Å². The van der Waals surface area contributed by atoms with Gasteiger partial charge >= 0.3 is 0 Å². The Hall–Kier alpha value is -1.19. The third-order valence-corrected chi connectivity index (χ3v) is 2.68. The lowest BCUT2D eigenvalue weighted by atomic mass is 10.1. The zero-order valence-electron chi connectivity index (χ0n) is 11.6. The van der Waals surface area contributed by atoms with E-state index in [9.17, 15) is 0 Å². The van der Waals surface area contributed by atoms with Gasteiger partial charge in [0, 0.05) is 17.1 Å². The molecule has 1 aromatic carbocycles. The molecule has 0 amide bonds. The highest BCUT2D eigenvalue weighted by Crippen LogP contribution is 2.21. The van der Waals surface area contributed by atoms with Gasteiger partial charge in [-0.3, -0.25) is 0 Å². The lowest BCUT2D eigenvalue weighted by Crippen LogP contribution is -2.01. The van der Waals surface area contributed by atoms with Gasteiger partial charge in [0.25, 0.3) is 0 Å². The van der Waals surface area contributed by atoms with E-state index in [1.54, 1.807) is 7.11 Å². The Morgan fingerprint density at radius 3 is 2.56 bits per heavy atom. The summed E-state index contributed by atoms with van der Waals surface area (Å²) in [7, 11) is 3.56. The molecule has 18 heavy (non-hydrogen) atoms. The average Bonchev–Trinajstić information content (AvgIpc) is 2.41. The van der Waals surface area contributed by atoms with Crippen LogP contribution in [-0.2, 0) is 0 Å². The Balaban J connectivity index is 0.000000631. The molecule has 0 heterocycles. The molecule has 102 valence electrons. The maximum absolute atomic E-state index is 5.80. The van der Waals surface area contributed by atoms with Crippen LogP contribution in [-0.4, -0.2) is 26.6 Å². The largest absolute Gasteiger partial charge is 0.497 e. The van der Waals surface area contributed by atoms with Gasteiger partial charge in [-0.1, -0.05) is 18.6 Å². The SMILES string of the molecule is CCNC.COc1ccc(N)c(/C=C(\C)CCl)c1. The molecule has 3 N–H and O–H groups in total. The van der Waals surface area contributed by atoms with Crippen molar-refractivity contribution in [1.82, 2.24) is 5.32 Å². The lowest BCUT2D eigenvalue weighted by molar-refractivity contribution is 0.415. The molecule has 0 radical (unpaired) electrons. The second-order valence-electron chi connectivity index (χ2n) is 3.83. The first-order valence-electron chi connectivity index (χ1n) is 5.90. The zero-order chi connectivity index (χ0) is 14.0. The molecular formula is C14H23ClN2O. The van der Waals surface area contributed by atoms with Gasteiger partial charge in [0.1, 0.15) is 5.75 Å². The van der Waals surface area contributed by atoms with E-state index >= 15 is 0 Å². The second kappa shape index (κ2) is 9.80. The predicted molar refractivity (Wildman–Crippen MR) is 81.4 cm³/mol. The van der Waals surface area contributed by atoms with Gasteiger partial charge in [0.05, 0.1) is 7.11 Å². The number of nitrogens with two attached hydrogens (primary N) is 1. The number of halogens is 1. The van der Waals surface area contributed by atoms with Crippen LogP contribution in [0.1, 0.15) is 19.4 Å². The average molecular weight is 271 g/mol. The maximum atomic E-state index is 5.80. The first-order chi connectivity index (χ1) is 8.58. The van der Waals surface area contributed by atoms with Gasteiger partial charge in [0.15, 0.2) is 0 Å². The number of nitrogen functional groups attached to an aromatic ring is 1. The minimum absolute atomic E-state index is 0.511. The standard InChI is InChI=1S/C11H14ClNO.C3H9N/c1-8(7-12)5-9-6-10(14-2)3-4-11(9)13;1-3-4-2/h3-6H,7,13H2,1-2H3;4H,3H2,1-2H3/b8-5+;. The summed E-state index contributed by atoms with van der Waals surface area (Å²) in [6, 6.07) is 5.56. The molecule has 0 unspecified atom stereocenters. The molecule has 4 heteroatoms. The topological polar surface area (TPSA) is 47.3 Å². The number of allylic oxidation sites excluding steroid dienone is 1. The minimum atomic E-state index is 0.511.